The first-order valence-corrected chi connectivity index (χ1v) is 3.64. The molecule has 0 bridgehead atoms. The van der Waals surface area contributed by atoms with Gasteiger partial charge in [0, 0.05) is 6.08 Å². The molecular formula is C10H9NO. The largest absolute Gasteiger partial charge is 0.384 e. The summed E-state index contributed by atoms with van der Waals surface area (Å²) in [4.78, 5) is 0. The molecule has 0 aliphatic heterocycles. The standard InChI is InChI=1S/C10H9NO/c11-8-4-7-10(12)9-5-2-1-3-6-9/h1-7,10,12H/b7-4-. The van der Waals surface area contributed by atoms with Gasteiger partial charge in [0.15, 0.2) is 0 Å². The average Bonchev–Trinajstić information content (AvgIpc) is 2.15. The zero-order chi connectivity index (χ0) is 8.81. The molecule has 60 valence electrons. The van der Waals surface area contributed by atoms with Crippen molar-refractivity contribution < 1.29 is 5.11 Å². The molecule has 1 rings (SSSR count). The summed E-state index contributed by atoms with van der Waals surface area (Å²) in [6.45, 7) is 0. The van der Waals surface area contributed by atoms with Crippen LogP contribution in [-0.2, 0) is 0 Å². The van der Waals surface area contributed by atoms with E-state index < -0.39 is 6.10 Å². The molecule has 1 N–H and O–H groups in total. The van der Waals surface area contributed by atoms with Gasteiger partial charge in [-0.25, -0.2) is 0 Å². The zero-order valence-electron chi connectivity index (χ0n) is 6.51. The number of hydrogen-bond acceptors (Lipinski definition) is 2. The lowest BCUT2D eigenvalue weighted by atomic mass is 10.1. The minimum absolute atomic E-state index is 0.675. The monoisotopic (exact) mass is 159 g/mol. The topological polar surface area (TPSA) is 44.0 Å². The summed E-state index contributed by atoms with van der Waals surface area (Å²) in [5, 5.41) is 17.6. The summed E-state index contributed by atoms with van der Waals surface area (Å²) in [5.74, 6) is 0. The van der Waals surface area contributed by atoms with E-state index >= 15 is 0 Å². The number of allylic oxidation sites excluding steroid dienone is 1. The van der Waals surface area contributed by atoms with Crippen LogP contribution in [0, 0.1) is 11.3 Å². The molecule has 12 heavy (non-hydrogen) atoms. The van der Waals surface area contributed by atoms with E-state index in [0.717, 1.165) is 5.56 Å². The third-order valence-electron chi connectivity index (χ3n) is 1.49. The van der Waals surface area contributed by atoms with Crippen LogP contribution in [0.5, 0.6) is 0 Å². The second-order valence-corrected chi connectivity index (χ2v) is 2.34. The second-order valence-electron chi connectivity index (χ2n) is 2.34. The molecule has 2 nitrogen and oxygen atoms in total. The first-order chi connectivity index (χ1) is 5.84. The van der Waals surface area contributed by atoms with Gasteiger partial charge in [-0.1, -0.05) is 30.3 Å². The van der Waals surface area contributed by atoms with E-state index in [-0.39, 0.29) is 0 Å². The molecular weight excluding hydrogens is 150 g/mol. The van der Waals surface area contributed by atoms with E-state index in [1.807, 2.05) is 36.4 Å². The van der Waals surface area contributed by atoms with Crippen molar-refractivity contribution in [2.24, 2.45) is 0 Å². The van der Waals surface area contributed by atoms with Gasteiger partial charge >= 0.3 is 0 Å². The lowest BCUT2D eigenvalue weighted by molar-refractivity contribution is 0.228. The van der Waals surface area contributed by atoms with Crippen LogP contribution in [0.15, 0.2) is 42.5 Å². The minimum atomic E-state index is -0.675. The van der Waals surface area contributed by atoms with Crippen LogP contribution in [0.25, 0.3) is 0 Å². The normalized spacial score (nSPS) is 12.7. The second kappa shape index (κ2) is 4.32. The fourth-order valence-corrected chi connectivity index (χ4v) is 0.896. The molecule has 1 unspecified atom stereocenters. The summed E-state index contributed by atoms with van der Waals surface area (Å²) in [7, 11) is 0. The number of benzene rings is 1. The highest BCUT2D eigenvalue weighted by atomic mass is 16.3. The highest BCUT2D eigenvalue weighted by Gasteiger charge is 1.99. The van der Waals surface area contributed by atoms with Crippen molar-refractivity contribution in [1.29, 1.82) is 5.26 Å². The molecule has 0 amide bonds. The van der Waals surface area contributed by atoms with E-state index in [0.29, 0.717) is 0 Å². The number of aliphatic hydroxyl groups is 1. The van der Waals surface area contributed by atoms with Crippen LogP contribution in [0.3, 0.4) is 0 Å². The van der Waals surface area contributed by atoms with E-state index in [1.54, 1.807) is 0 Å². The van der Waals surface area contributed by atoms with Gasteiger partial charge in [-0.05, 0) is 11.6 Å². The van der Waals surface area contributed by atoms with Crippen molar-refractivity contribution >= 4 is 0 Å². The Balaban J connectivity index is 2.73. The number of nitrogens with zero attached hydrogens (tertiary/aromatic N) is 1. The first-order valence-electron chi connectivity index (χ1n) is 3.64. The Hall–Kier alpha value is -1.59. The lowest BCUT2D eigenvalue weighted by Gasteiger charge is -2.03. The average molecular weight is 159 g/mol. The molecule has 0 aromatic heterocycles. The Morgan fingerprint density at radius 2 is 2.00 bits per heavy atom. The SMILES string of the molecule is N#C/C=C\C(O)c1ccccc1. The number of aliphatic hydroxyl groups excluding tert-OH is 1. The van der Waals surface area contributed by atoms with Crippen molar-refractivity contribution in [3.05, 3.63) is 48.0 Å². The summed E-state index contributed by atoms with van der Waals surface area (Å²) in [5.41, 5.74) is 0.795. The molecule has 1 aromatic rings. The van der Waals surface area contributed by atoms with Gasteiger partial charge in [-0.3, -0.25) is 0 Å². The van der Waals surface area contributed by atoms with Crippen LogP contribution in [0.2, 0.25) is 0 Å². The summed E-state index contributed by atoms with van der Waals surface area (Å²) in [6, 6.07) is 11.0. The third kappa shape index (κ3) is 2.22. The first kappa shape index (κ1) is 8.51. The quantitative estimate of drug-likeness (QED) is 0.668. The Bertz CT molecular complexity index is 297. The molecule has 0 heterocycles. The van der Waals surface area contributed by atoms with Crippen molar-refractivity contribution in [2.75, 3.05) is 0 Å². The fourth-order valence-electron chi connectivity index (χ4n) is 0.896. The maximum absolute atomic E-state index is 9.41. The van der Waals surface area contributed by atoms with Gasteiger partial charge in [0.25, 0.3) is 0 Å². The fraction of sp³-hybridized carbons (Fsp3) is 0.100. The van der Waals surface area contributed by atoms with Crippen molar-refractivity contribution in [3.8, 4) is 6.07 Å². The van der Waals surface area contributed by atoms with Gasteiger partial charge in [-0.2, -0.15) is 5.26 Å². The summed E-state index contributed by atoms with van der Waals surface area (Å²) < 4.78 is 0. The third-order valence-corrected chi connectivity index (χ3v) is 1.49. The highest BCUT2D eigenvalue weighted by molar-refractivity contribution is 5.22. The highest BCUT2D eigenvalue weighted by Crippen LogP contribution is 2.12. The van der Waals surface area contributed by atoms with Gasteiger partial charge in [0.2, 0.25) is 0 Å². The Morgan fingerprint density at radius 1 is 1.33 bits per heavy atom. The van der Waals surface area contributed by atoms with E-state index in [2.05, 4.69) is 0 Å². The Morgan fingerprint density at radius 3 is 2.58 bits per heavy atom. The van der Waals surface area contributed by atoms with Crippen molar-refractivity contribution in [2.45, 2.75) is 6.10 Å². The maximum Gasteiger partial charge on any atom is 0.0981 e. The van der Waals surface area contributed by atoms with Crippen molar-refractivity contribution in [3.63, 3.8) is 0 Å². The molecule has 0 aliphatic carbocycles. The van der Waals surface area contributed by atoms with E-state index in [9.17, 15) is 5.11 Å². The van der Waals surface area contributed by atoms with Crippen LogP contribution < -0.4 is 0 Å². The van der Waals surface area contributed by atoms with Gasteiger partial charge in [0.1, 0.15) is 0 Å². The molecule has 0 saturated carbocycles. The number of hydrogen-bond donors (Lipinski definition) is 1. The lowest BCUT2D eigenvalue weighted by Crippen LogP contribution is -1.91. The molecule has 0 aliphatic rings. The maximum atomic E-state index is 9.41. The molecule has 1 aromatic carbocycles. The number of nitriles is 1. The van der Waals surface area contributed by atoms with E-state index in [4.69, 9.17) is 5.26 Å². The van der Waals surface area contributed by atoms with Crippen molar-refractivity contribution in [1.82, 2.24) is 0 Å². The van der Waals surface area contributed by atoms with Gasteiger partial charge < -0.3 is 5.11 Å². The number of rotatable bonds is 2. The predicted octanol–water partition coefficient (Wildman–Crippen LogP) is 1.80. The van der Waals surface area contributed by atoms with Gasteiger partial charge in [-0.15, -0.1) is 0 Å². The molecule has 2 heteroatoms. The van der Waals surface area contributed by atoms with Crippen LogP contribution in [0.4, 0.5) is 0 Å². The predicted molar refractivity (Wildman–Crippen MR) is 46.2 cm³/mol. The molecule has 0 spiro atoms. The Labute approximate surface area is 71.4 Å². The zero-order valence-corrected chi connectivity index (χ0v) is 6.51. The smallest absolute Gasteiger partial charge is 0.0981 e. The minimum Gasteiger partial charge on any atom is -0.384 e. The van der Waals surface area contributed by atoms with E-state index in [1.165, 1.54) is 12.2 Å². The van der Waals surface area contributed by atoms with Crippen LogP contribution in [0.1, 0.15) is 11.7 Å². The summed E-state index contributed by atoms with van der Waals surface area (Å²) >= 11 is 0. The molecule has 0 fully saturated rings. The van der Waals surface area contributed by atoms with Crippen LogP contribution in [-0.4, -0.2) is 5.11 Å². The Kier molecular flexibility index (Phi) is 3.06. The van der Waals surface area contributed by atoms with Gasteiger partial charge in [0.05, 0.1) is 12.2 Å². The molecule has 0 radical (unpaired) electrons. The van der Waals surface area contributed by atoms with Crippen LogP contribution >= 0.6 is 0 Å². The molecule has 0 saturated heterocycles. The summed E-state index contributed by atoms with van der Waals surface area (Å²) in [6.07, 6.45) is 2.05. The molecule has 1 atom stereocenters.